The number of hydrogen-bond donors (Lipinski definition) is 1. The number of fused-ring (bicyclic) bond motifs is 2. The van der Waals surface area contributed by atoms with E-state index < -0.39 is 0 Å². The first-order valence-electron chi connectivity index (χ1n) is 10.4. The highest BCUT2D eigenvalue weighted by molar-refractivity contribution is 5.68. The number of pyridine rings is 1. The highest BCUT2D eigenvalue weighted by Gasteiger charge is 2.24. The van der Waals surface area contributed by atoms with Crippen molar-refractivity contribution in [3.63, 3.8) is 0 Å². The largest absolute Gasteiger partial charge is 0.497 e. The van der Waals surface area contributed by atoms with Gasteiger partial charge in [-0.15, -0.1) is 0 Å². The number of rotatable bonds is 5. The Morgan fingerprint density at radius 2 is 1.94 bits per heavy atom. The summed E-state index contributed by atoms with van der Waals surface area (Å²) in [5, 5.41) is 8.24. The lowest BCUT2D eigenvalue weighted by molar-refractivity contribution is 0.414. The molecule has 5 rings (SSSR count). The van der Waals surface area contributed by atoms with Crippen molar-refractivity contribution >= 4 is 11.5 Å². The molecule has 1 aliphatic rings. The molecule has 4 aromatic rings. The van der Waals surface area contributed by atoms with Gasteiger partial charge in [-0.25, -0.2) is 9.37 Å². The number of methoxy groups -OCH3 is 1. The number of ether oxygens (including phenoxy) is 1. The van der Waals surface area contributed by atoms with E-state index in [2.05, 4.69) is 41.4 Å². The van der Waals surface area contributed by atoms with Crippen LogP contribution in [0, 0.1) is 5.82 Å². The molecule has 1 atom stereocenters. The Kier molecular flexibility index (Phi) is 4.81. The van der Waals surface area contributed by atoms with Crippen LogP contribution < -0.4 is 10.1 Å². The Bertz CT molecular complexity index is 1270. The predicted molar refractivity (Wildman–Crippen MR) is 118 cm³/mol. The van der Waals surface area contributed by atoms with E-state index in [4.69, 9.17) is 9.72 Å². The third kappa shape index (κ3) is 3.60. The Morgan fingerprint density at radius 3 is 2.71 bits per heavy atom. The minimum Gasteiger partial charge on any atom is -0.497 e. The Morgan fingerprint density at radius 1 is 1.10 bits per heavy atom. The van der Waals surface area contributed by atoms with Gasteiger partial charge in [0.05, 0.1) is 25.2 Å². The zero-order chi connectivity index (χ0) is 21.5. The first-order valence-corrected chi connectivity index (χ1v) is 10.4. The summed E-state index contributed by atoms with van der Waals surface area (Å²) < 4.78 is 21.0. The van der Waals surface area contributed by atoms with Gasteiger partial charge in [-0.1, -0.05) is 19.9 Å². The van der Waals surface area contributed by atoms with E-state index in [0.29, 0.717) is 11.3 Å². The molecule has 0 fully saturated rings. The lowest BCUT2D eigenvalue weighted by Gasteiger charge is -2.16. The summed E-state index contributed by atoms with van der Waals surface area (Å²) in [6.45, 7) is 4.23. The van der Waals surface area contributed by atoms with Gasteiger partial charge in [0, 0.05) is 29.4 Å². The molecule has 1 aliphatic carbocycles. The lowest BCUT2D eigenvalue weighted by Crippen LogP contribution is -2.21. The average Bonchev–Trinajstić information content (AvgIpc) is 3.36. The average molecular weight is 417 g/mol. The molecule has 1 N–H and O–H groups in total. The van der Waals surface area contributed by atoms with Gasteiger partial charge in [-0.05, 0) is 48.1 Å². The Hall–Kier alpha value is -3.48. The van der Waals surface area contributed by atoms with E-state index >= 15 is 0 Å². The van der Waals surface area contributed by atoms with Crippen molar-refractivity contribution < 1.29 is 9.13 Å². The fourth-order valence-corrected chi connectivity index (χ4v) is 4.22. The van der Waals surface area contributed by atoms with Gasteiger partial charge in [0.1, 0.15) is 17.4 Å². The lowest BCUT2D eigenvalue weighted by atomic mass is 10.1. The monoisotopic (exact) mass is 417 g/mol. The summed E-state index contributed by atoms with van der Waals surface area (Å²) in [5.41, 5.74) is 5.74. The second-order valence-electron chi connectivity index (χ2n) is 8.29. The van der Waals surface area contributed by atoms with Crippen LogP contribution in [0.1, 0.15) is 36.5 Å². The SMILES string of the molecule is COc1ccc2c(c1)CC(Nc1cc(-c3cncc(F)c3)nc3c(C(C)C)cnn13)C2. The van der Waals surface area contributed by atoms with Gasteiger partial charge in [-0.2, -0.15) is 9.61 Å². The number of halogens is 1. The Labute approximate surface area is 180 Å². The van der Waals surface area contributed by atoms with Gasteiger partial charge >= 0.3 is 0 Å². The second kappa shape index (κ2) is 7.65. The molecular weight excluding hydrogens is 393 g/mol. The topological polar surface area (TPSA) is 64.3 Å². The first kappa shape index (κ1) is 19.5. The van der Waals surface area contributed by atoms with Crippen LogP contribution in [-0.4, -0.2) is 32.7 Å². The molecule has 0 radical (unpaired) electrons. The molecule has 0 bridgehead atoms. The number of hydrogen-bond acceptors (Lipinski definition) is 5. The molecule has 0 saturated carbocycles. The highest BCUT2D eigenvalue weighted by atomic mass is 19.1. The molecule has 31 heavy (non-hydrogen) atoms. The van der Waals surface area contributed by atoms with Gasteiger partial charge in [0.25, 0.3) is 0 Å². The van der Waals surface area contributed by atoms with E-state index in [1.165, 1.54) is 23.4 Å². The van der Waals surface area contributed by atoms with E-state index in [1.54, 1.807) is 13.3 Å². The smallest absolute Gasteiger partial charge is 0.161 e. The minimum atomic E-state index is -0.383. The number of benzene rings is 1. The Balaban J connectivity index is 1.54. The van der Waals surface area contributed by atoms with Gasteiger partial charge in [0.2, 0.25) is 0 Å². The molecule has 7 heteroatoms. The molecular formula is C24H24FN5O. The van der Waals surface area contributed by atoms with Crippen molar-refractivity contribution in [1.82, 2.24) is 19.6 Å². The van der Waals surface area contributed by atoms with E-state index in [0.717, 1.165) is 35.6 Å². The molecule has 1 aromatic carbocycles. The second-order valence-corrected chi connectivity index (χ2v) is 8.29. The fourth-order valence-electron chi connectivity index (χ4n) is 4.22. The normalized spacial score (nSPS) is 15.5. The third-order valence-corrected chi connectivity index (χ3v) is 5.82. The maximum atomic E-state index is 13.8. The van der Waals surface area contributed by atoms with Gasteiger partial charge < -0.3 is 10.1 Å². The van der Waals surface area contributed by atoms with Crippen LogP contribution in [-0.2, 0) is 12.8 Å². The molecule has 1 unspecified atom stereocenters. The van der Waals surface area contributed by atoms with E-state index in [9.17, 15) is 4.39 Å². The van der Waals surface area contributed by atoms with Crippen LogP contribution in [0.25, 0.3) is 16.9 Å². The van der Waals surface area contributed by atoms with Crippen LogP contribution in [0.15, 0.2) is 48.9 Å². The van der Waals surface area contributed by atoms with Crippen molar-refractivity contribution in [2.75, 3.05) is 12.4 Å². The summed E-state index contributed by atoms with van der Waals surface area (Å²) in [7, 11) is 1.69. The van der Waals surface area contributed by atoms with Crippen molar-refractivity contribution in [2.45, 2.75) is 38.6 Å². The number of anilines is 1. The predicted octanol–water partition coefficient (Wildman–Crippen LogP) is 4.64. The van der Waals surface area contributed by atoms with Crippen LogP contribution in [0.5, 0.6) is 5.75 Å². The van der Waals surface area contributed by atoms with Crippen molar-refractivity contribution in [3.8, 4) is 17.0 Å². The molecule has 6 nitrogen and oxygen atoms in total. The number of nitrogens with one attached hydrogen (secondary N) is 1. The molecule has 0 saturated heterocycles. The maximum absolute atomic E-state index is 13.8. The van der Waals surface area contributed by atoms with Crippen LogP contribution >= 0.6 is 0 Å². The van der Waals surface area contributed by atoms with Crippen LogP contribution in [0.4, 0.5) is 10.2 Å². The zero-order valence-electron chi connectivity index (χ0n) is 17.8. The fraction of sp³-hybridized carbons (Fsp3) is 0.292. The highest BCUT2D eigenvalue weighted by Crippen LogP contribution is 2.31. The third-order valence-electron chi connectivity index (χ3n) is 5.82. The number of aromatic nitrogens is 4. The molecule has 158 valence electrons. The van der Waals surface area contributed by atoms with Gasteiger partial charge in [0.15, 0.2) is 5.65 Å². The summed E-state index contributed by atoms with van der Waals surface area (Å²) in [6.07, 6.45) is 6.50. The van der Waals surface area contributed by atoms with E-state index in [-0.39, 0.29) is 17.8 Å². The quantitative estimate of drug-likeness (QED) is 0.512. The van der Waals surface area contributed by atoms with Gasteiger partial charge in [-0.3, -0.25) is 4.98 Å². The maximum Gasteiger partial charge on any atom is 0.161 e. The van der Waals surface area contributed by atoms with Crippen LogP contribution in [0.2, 0.25) is 0 Å². The molecule has 3 aromatic heterocycles. The van der Waals surface area contributed by atoms with E-state index in [1.807, 2.05) is 22.8 Å². The first-order chi connectivity index (χ1) is 15.0. The summed E-state index contributed by atoms with van der Waals surface area (Å²) in [5.74, 6) is 1.59. The summed E-state index contributed by atoms with van der Waals surface area (Å²) >= 11 is 0. The van der Waals surface area contributed by atoms with Crippen molar-refractivity contribution in [1.29, 1.82) is 0 Å². The van der Waals surface area contributed by atoms with Crippen LogP contribution in [0.3, 0.4) is 0 Å². The zero-order valence-corrected chi connectivity index (χ0v) is 17.8. The molecule has 3 heterocycles. The molecule has 0 aliphatic heterocycles. The number of nitrogens with zero attached hydrogens (tertiary/aromatic N) is 4. The molecule has 0 spiro atoms. The standard InChI is InChI=1S/C24H24FN5O/c1-14(2)21-13-27-30-23(10-22(29-24(21)30)17-6-18(25)12-26-11-17)28-19-7-15-4-5-20(31-3)9-16(15)8-19/h4-6,9-14,19,28H,7-8H2,1-3H3. The summed E-state index contributed by atoms with van der Waals surface area (Å²) in [6, 6.07) is 9.84. The molecule has 0 amide bonds. The van der Waals surface area contributed by atoms with Crippen molar-refractivity contribution in [3.05, 3.63) is 71.4 Å². The van der Waals surface area contributed by atoms with Crippen molar-refractivity contribution in [2.24, 2.45) is 0 Å². The minimum absolute atomic E-state index is 0.220. The summed E-state index contributed by atoms with van der Waals surface area (Å²) in [4.78, 5) is 8.79.